The van der Waals surface area contributed by atoms with Crippen LogP contribution in [0.5, 0.6) is 0 Å². The fraction of sp³-hybridized carbons (Fsp3) is 0.643. The Balaban J connectivity index is 4.82. The summed E-state index contributed by atoms with van der Waals surface area (Å²) in [5.41, 5.74) is -0.0875. The predicted octanol–water partition coefficient (Wildman–Crippen LogP) is 1.35. The first-order chi connectivity index (χ1) is 9.33. The zero-order chi connectivity index (χ0) is 15.7. The summed E-state index contributed by atoms with van der Waals surface area (Å²) < 4.78 is 0. The number of nitrogens with zero attached hydrogens (tertiary/aromatic N) is 2. The van der Waals surface area contributed by atoms with Crippen molar-refractivity contribution < 1.29 is 14.7 Å². The molecule has 0 spiro atoms. The highest BCUT2D eigenvalue weighted by Gasteiger charge is 2.24. The van der Waals surface area contributed by atoms with Crippen molar-refractivity contribution in [2.45, 2.75) is 39.7 Å². The lowest BCUT2D eigenvalue weighted by atomic mass is 10.0. The van der Waals surface area contributed by atoms with Crippen LogP contribution in [0.15, 0.2) is 11.8 Å². The van der Waals surface area contributed by atoms with Gasteiger partial charge in [0, 0.05) is 19.8 Å². The second-order valence-corrected chi connectivity index (χ2v) is 5.02. The van der Waals surface area contributed by atoms with Crippen LogP contribution in [0.25, 0.3) is 0 Å². The zero-order valence-corrected chi connectivity index (χ0v) is 12.5. The van der Waals surface area contributed by atoms with E-state index in [2.05, 4.69) is 12.2 Å². The molecule has 6 nitrogen and oxygen atoms in total. The molecule has 0 saturated carbocycles. The number of hydrogen-bond acceptors (Lipinski definition) is 4. The number of nitrogens with one attached hydrogen (secondary N) is 1. The number of amides is 1. The van der Waals surface area contributed by atoms with Gasteiger partial charge in [-0.1, -0.05) is 27.2 Å². The van der Waals surface area contributed by atoms with Crippen LogP contribution < -0.4 is 5.32 Å². The van der Waals surface area contributed by atoms with Gasteiger partial charge in [0.2, 0.25) is 0 Å². The molecule has 0 heterocycles. The number of rotatable bonds is 8. The van der Waals surface area contributed by atoms with E-state index in [1.807, 2.05) is 0 Å². The van der Waals surface area contributed by atoms with Crippen LogP contribution in [0.3, 0.4) is 0 Å². The van der Waals surface area contributed by atoms with Crippen LogP contribution in [0, 0.1) is 17.2 Å². The molecule has 20 heavy (non-hydrogen) atoms. The third kappa shape index (κ3) is 6.23. The van der Waals surface area contributed by atoms with Crippen molar-refractivity contribution in [2.75, 3.05) is 13.6 Å². The average molecular weight is 281 g/mol. The lowest BCUT2D eigenvalue weighted by Gasteiger charge is -2.18. The fourth-order valence-corrected chi connectivity index (χ4v) is 1.56. The maximum absolute atomic E-state index is 11.9. The molecule has 1 atom stereocenters. The number of aliphatic carboxylic acids is 1. The van der Waals surface area contributed by atoms with Gasteiger partial charge in [-0.05, 0) is 12.3 Å². The highest BCUT2D eigenvalue weighted by molar-refractivity contribution is 5.99. The van der Waals surface area contributed by atoms with Crippen molar-refractivity contribution >= 4 is 11.9 Å². The topological polar surface area (TPSA) is 93.4 Å². The van der Waals surface area contributed by atoms with Crippen molar-refractivity contribution in [2.24, 2.45) is 5.92 Å². The monoisotopic (exact) mass is 281 g/mol. The first-order valence-corrected chi connectivity index (χ1v) is 6.69. The van der Waals surface area contributed by atoms with Gasteiger partial charge < -0.3 is 15.3 Å². The summed E-state index contributed by atoms with van der Waals surface area (Å²) in [6, 6.07) is 0.807. The SMILES string of the molecule is CCCCN(C)/C=C(/C#N)C(=O)NC(C(=O)O)C(C)C. The van der Waals surface area contributed by atoms with Crippen molar-refractivity contribution in [1.29, 1.82) is 5.26 Å². The van der Waals surface area contributed by atoms with Gasteiger partial charge in [-0.3, -0.25) is 4.79 Å². The Morgan fingerprint density at radius 3 is 2.45 bits per heavy atom. The first kappa shape index (κ1) is 18.0. The molecule has 0 aliphatic rings. The lowest BCUT2D eigenvalue weighted by molar-refractivity contribution is -0.142. The van der Waals surface area contributed by atoms with Gasteiger partial charge in [0.05, 0.1) is 0 Å². The highest BCUT2D eigenvalue weighted by Crippen LogP contribution is 2.05. The summed E-state index contributed by atoms with van der Waals surface area (Å²) in [6.07, 6.45) is 3.42. The standard InChI is InChI=1S/C14H23N3O3/c1-5-6-7-17(4)9-11(8-15)13(18)16-12(10(2)3)14(19)20/h9-10,12H,5-7H2,1-4H3,(H,16,18)(H,19,20)/b11-9-. The van der Waals surface area contributed by atoms with Gasteiger partial charge in [-0.2, -0.15) is 5.26 Å². The van der Waals surface area contributed by atoms with E-state index in [0.717, 1.165) is 19.4 Å². The Bertz CT molecular complexity index is 410. The summed E-state index contributed by atoms with van der Waals surface area (Å²) in [5.74, 6) is -2.02. The van der Waals surface area contributed by atoms with Crippen molar-refractivity contribution in [3.05, 3.63) is 11.8 Å². The molecule has 0 aromatic carbocycles. The van der Waals surface area contributed by atoms with E-state index in [0.29, 0.717) is 0 Å². The van der Waals surface area contributed by atoms with E-state index in [9.17, 15) is 9.59 Å². The zero-order valence-electron chi connectivity index (χ0n) is 12.5. The molecule has 6 heteroatoms. The van der Waals surface area contributed by atoms with Gasteiger partial charge in [0.1, 0.15) is 17.7 Å². The van der Waals surface area contributed by atoms with Crippen LogP contribution in [-0.4, -0.2) is 41.5 Å². The van der Waals surface area contributed by atoms with Gasteiger partial charge >= 0.3 is 5.97 Å². The Morgan fingerprint density at radius 1 is 1.45 bits per heavy atom. The van der Waals surface area contributed by atoms with E-state index in [-0.39, 0.29) is 11.5 Å². The Labute approximate surface area is 120 Å². The maximum Gasteiger partial charge on any atom is 0.326 e. The molecule has 0 aliphatic carbocycles. The molecule has 2 N–H and O–H groups in total. The minimum absolute atomic E-state index is 0.0875. The number of carbonyl (C=O) groups is 2. The molecule has 0 aromatic heterocycles. The summed E-state index contributed by atoms with van der Waals surface area (Å²) in [4.78, 5) is 24.7. The van der Waals surface area contributed by atoms with Crippen LogP contribution >= 0.6 is 0 Å². The van der Waals surface area contributed by atoms with Crippen molar-refractivity contribution in [1.82, 2.24) is 10.2 Å². The molecule has 0 bridgehead atoms. The number of nitriles is 1. The normalized spacial score (nSPS) is 12.7. The molecule has 0 rings (SSSR count). The average Bonchev–Trinajstić information content (AvgIpc) is 2.38. The lowest BCUT2D eigenvalue weighted by Crippen LogP contribution is -2.44. The van der Waals surface area contributed by atoms with Gasteiger partial charge in [-0.15, -0.1) is 0 Å². The van der Waals surface area contributed by atoms with E-state index in [1.165, 1.54) is 6.20 Å². The molecule has 1 amide bonds. The molecule has 0 aromatic rings. The number of carboxylic acids is 1. The summed E-state index contributed by atoms with van der Waals surface area (Å²) in [6.45, 7) is 6.18. The maximum atomic E-state index is 11.9. The van der Waals surface area contributed by atoms with Crippen LogP contribution in [0.2, 0.25) is 0 Å². The summed E-state index contributed by atoms with van der Waals surface area (Å²) >= 11 is 0. The smallest absolute Gasteiger partial charge is 0.326 e. The predicted molar refractivity (Wildman–Crippen MR) is 75.6 cm³/mol. The van der Waals surface area contributed by atoms with Crippen LogP contribution in [0.1, 0.15) is 33.6 Å². The van der Waals surface area contributed by atoms with Gasteiger partial charge in [0.15, 0.2) is 0 Å². The van der Waals surface area contributed by atoms with Crippen LogP contribution in [0.4, 0.5) is 0 Å². The Hall–Kier alpha value is -2.03. The Kier molecular flexibility index (Phi) is 8.06. The molecule has 0 radical (unpaired) electrons. The third-order valence-electron chi connectivity index (χ3n) is 2.80. The van der Waals surface area contributed by atoms with Crippen molar-refractivity contribution in [3.8, 4) is 6.07 Å². The fourth-order valence-electron chi connectivity index (χ4n) is 1.56. The van der Waals surface area contributed by atoms with Gasteiger partial charge in [0.25, 0.3) is 5.91 Å². The Morgan fingerprint density at radius 2 is 2.05 bits per heavy atom. The third-order valence-corrected chi connectivity index (χ3v) is 2.80. The molecule has 0 aliphatic heterocycles. The van der Waals surface area contributed by atoms with Gasteiger partial charge in [-0.25, -0.2) is 4.79 Å². The number of carboxylic acid groups (broad SMARTS) is 1. The molecule has 1 unspecified atom stereocenters. The number of carbonyl (C=O) groups excluding carboxylic acids is 1. The van der Waals surface area contributed by atoms with E-state index < -0.39 is 17.9 Å². The molecular formula is C14H23N3O3. The second kappa shape index (κ2) is 8.97. The highest BCUT2D eigenvalue weighted by atomic mass is 16.4. The summed E-state index contributed by atoms with van der Waals surface area (Å²) in [5, 5.41) is 20.4. The summed E-state index contributed by atoms with van der Waals surface area (Å²) in [7, 11) is 1.78. The molecule has 0 saturated heterocycles. The number of unbranched alkanes of at least 4 members (excludes halogenated alkanes) is 1. The number of hydrogen-bond donors (Lipinski definition) is 2. The van der Waals surface area contributed by atoms with E-state index in [4.69, 9.17) is 10.4 Å². The minimum Gasteiger partial charge on any atom is -0.480 e. The quantitative estimate of drug-likeness (QED) is 0.517. The molecular weight excluding hydrogens is 258 g/mol. The van der Waals surface area contributed by atoms with Crippen LogP contribution in [-0.2, 0) is 9.59 Å². The largest absolute Gasteiger partial charge is 0.480 e. The molecule has 0 fully saturated rings. The van der Waals surface area contributed by atoms with Crippen molar-refractivity contribution in [3.63, 3.8) is 0 Å². The van der Waals surface area contributed by atoms with E-state index in [1.54, 1.807) is 31.9 Å². The first-order valence-electron chi connectivity index (χ1n) is 6.69. The van der Waals surface area contributed by atoms with E-state index >= 15 is 0 Å². The molecule has 112 valence electrons. The minimum atomic E-state index is -1.11. The second-order valence-electron chi connectivity index (χ2n) is 5.02.